The number of primary amides is 1. The highest BCUT2D eigenvalue weighted by molar-refractivity contribution is 5.72. The Balaban J connectivity index is 2.78. The normalized spacial score (nSPS) is 11.9. The standard InChI is InChI=1S/C10H14N2O2/c1-7(12-10(11)13)8-4-3-5-9(6-8)14-2/h3-7H,1-2H3,(H3,11,12,13). The van der Waals surface area contributed by atoms with Gasteiger partial charge in [-0.25, -0.2) is 4.79 Å². The topological polar surface area (TPSA) is 64.3 Å². The molecule has 1 rings (SSSR count). The number of ether oxygens (including phenoxy) is 1. The van der Waals surface area contributed by atoms with Gasteiger partial charge >= 0.3 is 6.03 Å². The van der Waals surface area contributed by atoms with E-state index in [1.165, 1.54) is 0 Å². The van der Waals surface area contributed by atoms with E-state index in [4.69, 9.17) is 10.5 Å². The number of nitrogens with two attached hydrogens (primary N) is 1. The molecule has 0 fully saturated rings. The number of nitrogens with one attached hydrogen (secondary N) is 1. The highest BCUT2D eigenvalue weighted by atomic mass is 16.5. The minimum absolute atomic E-state index is 0.109. The number of hydrogen-bond acceptors (Lipinski definition) is 2. The summed E-state index contributed by atoms with van der Waals surface area (Å²) in [6.07, 6.45) is 0. The average Bonchev–Trinajstić information content (AvgIpc) is 2.17. The van der Waals surface area contributed by atoms with Crippen molar-refractivity contribution in [3.05, 3.63) is 29.8 Å². The zero-order valence-corrected chi connectivity index (χ0v) is 8.28. The van der Waals surface area contributed by atoms with Crippen LogP contribution in [-0.4, -0.2) is 13.1 Å². The Morgan fingerprint density at radius 1 is 1.57 bits per heavy atom. The summed E-state index contributed by atoms with van der Waals surface area (Å²) in [5.74, 6) is 0.764. The van der Waals surface area contributed by atoms with Crippen molar-refractivity contribution in [1.82, 2.24) is 5.32 Å². The molecule has 0 aliphatic heterocycles. The maximum Gasteiger partial charge on any atom is 0.312 e. The second-order valence-corrected chi connectivity index (χ2v) is 3.01. The highest BCUT2D eigenvalue weighted by Crippen LogP contribution is 2.18. The molecule has 4 heteroatoms. The van der Waals surface area contributed by atoms with Crippen molar-refractivity contribution in [3.63, 3.8) is 0 Å². The zero-order chi connectivity index (χ0) is 10.6. The molecule has 0 aliphatic carbocycles. The molecule has 2 amide bonds. The van der Waals surface area contributed by atoms with E-state index in [2.05, 4.69) is 5.32 Å². The summed E-state index contributed by atoms with van der Waals surface area (Å²) in [7, 11) is 1.60. The Morgan fingerprint density at radius 2 is 2.29 bits per heavy atom. The van der Waals surface area contributed by atoms with Crippen LogP contribution >= 0.6 is 0 Å². The summed E-state index contributed by atoms with van der Waals surface area (Å²) < 4.78 is 5.07. The number of carbonyl (C=O) groups is 1. The van der Waals surface area contributed by atoms with Gasteiger partial charge in [-0.1, -0.05) is 12.1 Å². The second kappa shape index (κ2) is 4.50. The molecule has 1 aromatic carbocycles. The van der Waals surface area contributed by atoms with E-state index >= 15 is 0 Å². The molecule has 0 aliphatic rings. The molecule has 76 valence electrons. The number of urea groups is 1. The number of benzene rings is 1. The Hall–Kier alpha value is -1.71. The molecule has 1 aromatic rings. The van der Waals surface area contributed by atoms with Crippen LogP contribution in [-0.2, 0) is 0 Å². The first-order valence-electron chi connectivity index (χ1n) is 4.33. The molecule has 1 unspecified atom stereocenters. The van der Waals surface area contributed by atoms with Crippen LogP contribution in [0.25, 0.3) is 0 Å². The third kappa shape index (κ3) is 2.65. The number of amides is 2. The van der Waals surface area contributed by atoms with Gasteiger partial charge in [-0.05, 0) is 24.6 Å². The monoisotopic (exact) mass is 194 g/mol. The van der Waals surface area contributed by atoms with Crippen LogP contribution in [0.3, 0.4) is 0 Å². The molecule has 0 radical (unpaired) electrons. The van der Waals surface area contributed by atoms with Gasteiger partial charge in [0.15, 0.2) is 0 Å². The third-order valence-corrected chi connectivity index (χ3v) is 1.95. The van der Waals surface area contributed by atoms with Gasteiger partial charge in [-0.15, -0.1) is 0 Å². The fourth-order valence-electron chi connectivity index (χ4n) is 1.21. The van der Waals surface area contributed by atoms with E-state index in [0.29, 0.717) is 0 Å². The molecule has 0 saturated carbocycles. The van der Waals surface area contributed by atoms with Gasteiger partial charge in [0.25, 0.3) is 0 Å². The van der Waals surface area contributed by atoms with E-state index in [1.54, 1.807) is 7.11 Å². The SMILES string of the molecule is COc1cccc(C(C)NC(N)=O)c1. The number of methoxy groups -OCH3 is 1. The third-order valence-electron chi connectivity index (χ3n) is 1.95. The van der Waals surface area contributed by atoms with Crippen LogP contribution in [0, 0.1) is 0 Å². The molecule has 0 heterocycles. The fraction of sp³-hybridized carbons (Fsp3) is 0.300. The number of hydrogen-bond donors (Lipinski definition) is 2. The first-order chi connectivity index (χ1) is 6.63. The van der Waals surface area contributed by atoms with Crippen LogP contribution < -0.4 is 15.8 Å². The lowest BCUT2D eigenvalue weighted by Crippen LogP contribution is -2.31. The first-order valence-corrected chi connectivity index (χ1v) is 4.33. The van der Waals surface area contributed by atoms with Crippen molar-refractivity contribution in [2.45, 2.75) is 13.0 Å². The Bertz CT molecular complexity index is 326. The summed E-state index contributed by atoms with van der Waals surface area (Å²) >= 11 is 0. The maximum atomic E-state index is 10.6. The Morgan fingerprint density at radius 3 is 2.86 bits per heavy atom. The van der Waals surface area contributed by atoms with Gasteiger partial charge in [0.2, 0.25) is 0 Å². The first kappa shape index (κ1) is 10.4. The Labute approximate surface area is 83.1 Å². The van der Waals surface area contributed by atoms with Crippen LogP contribution in [0.15, 0.2) is 24.3 Å². The summed E-state index contributed by atoms with van der Waals surface area (Å²) in [4.78, 5) is 10.6. The molecule has 3 N–H and O–H groups in total. The predicted molar refractivity (Wildman–Crippen MR) is 54.1 cm³/mol. The van der Waals surface area contributed by atoms with Crippen molar-refractivity contribution in [2.75, 3.05) is 7.11 Å². The lowest BCUT2D eigenvalue weighted by molar-refractivity contribution is 0.246. The van der Waals surface area contributed by atoms with Gasteiger partial charge in [0.05, 0.1) is 13.2 Å². The minimum atomic E-state index is -0.527. The fourth-order valence-corrected chi connectivity index (χ4v) is 1.21. The molecule has 0 bridgehead atoms. The minimum Gasteiger partial charge on any atom is -0.497 e. The highest BCUT2D eigenvalue weighted by Gasteiger charge is 2.06. The average molecular weight is 194 g/mol. The van der Waals surface area contributed by atoms with E-state index in [1.807, 2.05) is 31.2 Å². The van der Waals surface area contributed by atoms with Crippen molar-refractivity contribution in [2.24, 2.45) is 5.73 Å². The van der Waals surface area contributed by atoms with Crippen LogP contribution in [0.1, 0.15) is 18.5 Å². The van der Waals surface area contributed by atoms with Crippen LogP contribution in [0.2, 0.25) is 0 Å². The molecule has 14 heavy (non-hydrogen) atoms. The van der Waals surface area contributed by atoms with Gasteiger partial charge < -0.3 is 15.8 Å². The number of carbonyl (C=O) groups excluding carboxylic acids is 1. The molecule has 4 nitrogen and oxygen atoms in total. The largest absolute Gasteiger partial charge is 0.497 e. The van der Waals surface area contributed by atoms with Crippen molar-refractivity contribution >= 4 is 6.03 Å². The smallest absolute Gasteiger partial charge is 0.312 e. The zero-order valence-electron chi connectivity index (χ0n) is 8.28. The van der Waals surface area contributed by atoms with E-state index in [0.717, 1.165) is 11.3 Å². The quantitative estimate of drug-likeness (QED) is 0.764. The lowest BCUT2D eigenvalue weighted by Gasteiger charge is -2.13. The Kier molecular flexibility index (Phi) is 3.34. The van der Waals surface area contributed by atoms with E-state index in [-0.39, 0.29) is 6.04 Å². The lowest BCUT2D eigenvalue weighted by atomic mass is 10.1. The summed E-state index contributed by atoms with van der Waals surface area (Å²) in [6.45, 7) is 1.86. The second-order valence-electron chi connectivity index (χ2n) is 3.01. The molecule has 0 aromatic heterocycles. The van der Waals surface area contributed by atoms with Gasteiger partial charge in [-0.2, -0.15) is 0 Å². The summed E-state index contributed by atoms with van der Waals surface area (Å²) in [5, 5.41) is 2.59. The molecular weight excluding hydrogens is 180 g/mol. The van der Waals surface area contributed by atoms with Crippen LogP contribution in [0.4, 0.5) is 4.79 Å². The maximum absolute atomic E-state index is 10.6. The van der Waals surface area contributed by atoms with E-state index in [9.17, 15) is 4.79 Å². The van der Waals surface area contributed by atoms with Crippen LogP contribution in [0.5, 0.6) is 5.75 Å². The van der Waals surface area contributed by atoms with Crippen molar-refractivity contribution in [3.8, 4) is 5.75 Å². The van der Waals surface area contributed by atoms with Gasteiger partial charge in [0.1, 0.15) is 5.75 Å². The molecular formula is C10H14N2O2. The predicted octanol–water partition coefficient (Wildman–Crippen LogP) is 1.42. The number of rotatable bonds is 3. The van der Waals surface area contributed by atoms with Crippen molar-refractivity contribution in [1.29, 1.82) is 0 Å². The molecule has 1 atom stereocenters. The van der Waals surface area contributed by atoms with Gasteiger partial charge in [0, 0.05) is 0 Å². The van der Waals surface area contributed by atoms with Gasteiger partial charge in [-0.3, -0.25) is 0 Å². The van der Waals surface area contributed by atoms with E-state index < -0.39 is 6.03 Å². The molecule has 0 spiro atoms. The molecule has 0 saturated heterocycles. The summed E-state index contributed by atoms with van der Waals surface area (Å²) in [6, 6.07) is 6.85. The summed E-state index contributed by atoms with van der Waals surface area (Å²) in [5.41, 5.74) is 5.98. The van der Waals surface area contributed by atoms with Crippen molar-refractivity contribution < 1.29 is 9.53 Å².